The van der Waals surface area contributed by atoms with Crippen LogP contribution < -0.4 is 5.32 Å². The lowest BCUT2D eigenvalue weighted by molar-refractivity contribution is -0.121. The average Bonchev–Trinajstić information content (AvgIpc) is 3.26. The van der Waals surface area contributed by atoms with Gasteiger partial charge >= 0.3 is 0 Å². The first kappa shape index (κ1) is 16.3. The standard InChI is InChI=1S/C20H26N4O/c25-20(22-18-13-17(18)15-7-3-1-4-8-15)12-11-19-23-21-14-24(19)16-9-5-2-6-10-16/h2,5-6,9-10,14-15,17-18H,1,3-4,7-8,11-13H2,(H,22,25)/t17-,18-/m0/s1. The van der Waals surface area contributed by atoms with Crippen LogP contribution >= 0.6 is 0 Å². The van der Waals surface area contributed by atoms with Gasteiger partial charge in [-0.25, -0.2) is 0 Å². The number of nitrogens with one attached hydrogen (secondary N) is 1. The molecular formula is C20H26N4O. The van der Waals surface area contributed by atoms with Gasteiger partial charge in [0, 0.05) is 24.6 Å². The molecule has 5 nitrogen and oxygen atoms in total. The highest BCUT2D eigenvalue weighted by molar-refractivity contribution is 5.76. The molecule has 0 radical (unpaired) electrons. The van der Waals surface area contributed by atoms with Gasteiger partial charge in [-0.2, -0.15) is 0 Å². The summed E-state index contributed by atoms with van der Waals surface area (Å²) >= 11 is 0. The molecule has 0 spiro atoms. The molecule has 0 aliphatic heterocycles. The summed E-state index contributed by atoms with van der Waals surface area (Å²) in [6, 6.07) is 10.4. The van der Waals surface area contributed by atoms with Crippen LogP contribution in [0.5, 0.6) is 0 Å². The first-order chi connectivity index (χ1) is 12.3. The third kappa shape index (κ3) is 3.91. The number of aromatic nitrogens is 3. The molecule has 2 aliphatic rings. The van der Waals surface area contributed by atoms with E-state index in [4.69, 9.17) is 0 Å². The second-order valence-corrected chi connectivity index (χ2v) is 7.42. The van der Waals surface area contributed by atoms with Gasteiger partial charge in [0.25, 0.3) is 0 Å². The van der Waals surface area contributed by atoms with Crippen molar-refractivity contribution in [3.8, 4) is 5.69 Å². The normalized spacial score (nSPS) is 23.4. The topological polar surface area (TPSA) is 59.8 Å². The highest BCUT2D eigenvalue weighted by Crippen LogP contribution is 2.44. The van der Waals surface area contributed by atoms with E-state index >= 15 is 0 Å². The van der Waals surface area contributed by atoms with Gasteiger partial charge < -0.3 is 5.32 Å². The van der Waals surface area contributed by atoms with Crippen molar-refractivity contribution >= 4 is 5.91 Å². The summed E-state index contributed by atoms with van der Waals surface area (Å²) in [4.78, 5) is 12.3. The lowest BCUT2D eigenvalue weighted by Crippen LogP contribution is -2.28. The quantitative estimate of drug-likeness (QED) is 0.879. The van der Waals surface area contributed by atoms with Gasteiger partial charge in [0.05, 0.1) is 0 Å². The highest BCUT2D eigenvalue weighted by Gasteiger charge is 2.43. The Morgan fingerprint density at radius 2 is 1.96 bits per heavy atom. The van der Waals surface area contributed by atoms with Gasteiger partial charge in [-0.05, 0) is 30.4 Å². The molecule has 0 saturated heterocycles. The second-order valence-electron chi connectivity index (χ2n) is 7.42. The fraction of sp³-hybridized carbons (Fsp3) is 0.550. The molecule has 0 bridgehead atoms. The van der Waals surface area contributed by atoms with Crippen molar-refractivity contribution in [2.24, 2.45) is 11.8 Å². The van der Waals surface area contributed by atoms with Crippen molar-refractivity contribution in [3.63, 3.8) is 0 Å². The lowest BCUT2D eigenvalue weighted by Gasteiger charge is -2.21. The van der Waals surface area contributed by atoms with Crippen molar-refractivity contribution in [3.05, 3.63) is 42.5 Å². The molecule has 2 saturated carbocycles. The second kappa shape index (κ2) is 7.38. The molecule has 1 aromatic heterocycles. The predicted octanol–water partition coefficient (Wildman–Crippen LogP) is 3.28. The molecule has 4 rings (SSSR count). The largest absolute Gasteiger partial charge is 0.353 e. The number of hydrogen-bond acceptors (Lipinski definition) is 3. The van der Waals surface area contributed by atoms with Gasteiger partial charge in [0.15, 0.2) is 0 Å². The molecule has 2 fully saturated rings. The fourth-order valence-electron chi connectivity index (χ4n) is 4.20. The van der Waals surface area contributed by atoms with Gasteiger partial charge in [-0.15, -0.1) is 10.2 Å². The van der Waals surface area contributed by atoms with Gasteiger partial charge in [0.1, 0.15) is 12.2 Å². The van der Waals surface area contributed by atoms with Gasteiger partial charge in [0.2, 0.25) is 5.91 Å². The molecule has 1 N–H and O–H groups in total. The van der Waals surface area contributed by atoms with Crippen LogP contribution in [-0.4, -0.2) is 26.7 Å². The van der Waals surface area contributed by atoms with Crippen LogP contribution in [0.4, 0.5) is 0 Å². The lowest BCUT2D eigenvalue weighted by atomic mass is 9.85. The zero-order valence-corrected chi connectivity index (χ0v) is 14.6. The third-order valence-electron chi connectivity index (χ3n) is 5.67. The minimum atomic E-state index is 0.144. The van der Waals surface area contributed by atoms with Crippen molar-refractivity contribution in [2.45, 2.75) is 57.4 Å². The molecule has 132 valence electrons. The number of aryl methyl sites for hydroxylation is 1. The number of nitrogens with zero attached hydrogens (tertiary/aromatic N) is 3. The summed E-state index contributed by atoms with van der Waals surface area (Å²) in [6.07, 6.45) is 10.8. The van der Waals surface area contributed by atoms with E-state index in [-0.39, 0.29) is 5.91 Å². The van der Waals surface area contributed by atoms with Crippen molar-refractivity contribution in [1.29, 1.82) is 0 Å². The smallest absolute Gasteiger partial charge is 0.220 e. The Labute approximate surface area is 148 Å². The van der Waals surface area contributed by atoms with E-state index in [1.807, 2.05) is 34.9 Å². The van der Waals surface area contributed by atoms with E-state index in [9.17, 15) is 4.79 Å². The summed E-state index contributed by atoms with van der Waals surface area (Å²) in [7, 11) is 0. The van der Waals surface area contributed by atoms with Crippen LogP contribution in [0.25, 0.3) is 5.69 Å². The Kier molecular flexibility index (Phi) is 4.81. The summed E-state index contributed by atoms with van der Waals surface area (Å²) in [5.41, 5.74) is 1.03. The summed E-state index contributed by atoms with van der Waals surface area (Å²) in [5, 5.41) is 11.4. The Morgan fingerprint density at radius 3 is 2.76 bits per heavy atom. The predicted molar refractivity (Wildman–Crippen MR) is 96.3 cm³/mol. The van der Waals surface area contributed by atoms with E-state index < -0.39 is 0 Å². The highest BCUT2D eigenvalue weighted by atomic mass is 16.1. The maximum absolute atomic E-state index is 12.3. The Hall–Kier alpha value is -2.17. The van der Waals surface area contributed by atoms with Crippen LogP contribution in [0.2, 0.25) is 0 Å². The minimum absolute atomic E-state index is 0.144. The van der Waals surface area contributed by atoms with Crippen LogP contribution in [0, 0.1) is 11.8 Å². The third-order valence-corrected chi connectivity index (χ3v) is 5.67. The maximum Gasteiger partial charge on any atom is 0.220 e. The Bertz CT molecular complexity index is 705. The molecule has 2 atom stereocenters. The molecule has 1 amide bonds. The number of amides is 1. The van der Waals surface area contributed by atoms with Crippen molar-refractivity contribution in [2.75, 3.05) is 0 Å². The summed E-state index contributed by atoms with van der Waals surface area (Å²) in [6.45, 7) is 0. The SMILES string of the molecule is O=C(CCc1nncn1-c1ccccc1)N[C@H]1C[C@H]1C1CCCCC1. The number of para-hydroxylation sites is 1. The van der Waals surface area contributed by atoms with E-state index in [2.05, 4.69) is 15.5 Å². The van der Waals surface area contributed by atoms with E-state index in [0.29, 0.717) is 18.9 Å². The first-order valence-corrected chi connectivity index (χ1v) is 9.55. The number of carbonyl (C=O) groups excluding carboxylic acids is 1. The number of rotatable bonds is 6. The van der Waals surface area contributed by atoms with E-state index in [1.54, 1.807) is 6.33 Å². The molecule has 2 aliphatic carbocycles. The Balaban J connectivity index is 1.27. The molecule has 1 aromatic carbocycles. The molecular weight excluding hydrogens is 312 g/mol. The van der Waals surface area contributed by atoms with Crippen LogP contribution in [0.15, 0.2) is 36.7 Å². The zero-order chi connectivity index (χ0) is 17.1. The minimum Gasteiger partial charge on any atom is -0.353 e. The number of hydrogen-bond donors (Lipinski definition) is 1. The summed E-state index contributed by atoms with van der Waals surface area (Å²) < 4.78 is 1.95. The first-order valence-electron chi connectivity index (χ1n) is 9.55. The van der Waals surface area contributed by atoms with Gasteiger partial charge in [-0.1, -0.05) is 50.3 Å². The molecule has 5 heteroatoms. The molecule has 1 heterocycles. The Morgan fingerprint density at radius 1 is 1.16 bits per heavy atom. The monoisotopic (exact) mass is 338 g/mol. The van der Waals surface area contributed by atoms with Crippen molar-refractivity contribution < 1.29 is 4.79 Å². The fourth-order valence-corrected chi connectivity index (χ4v) is 4.20. The molecule has 2 aromatic rings. The van der Waals surface area contributed by atoms with Crippen molar-refractivity contribution in [1.82, 2.24) is 20.1 Å². The van der Waals surface area contributed by atoms with Gasteiger partial charge in [-0.3, -0.25) is 9.36 Å². The average molecular weight is 338 g/mol. The van der Waals surface area contributed by atoms with E-state index in [0.717, 1.165) is 23.3 Å². The maximum atomic E-state index is 12.3. The molecule has 25 heavy (non-hydrogen) atoms. The number of benzene rings is 1. The number of carbonyl (C=O) groups is 1. The van der Waals surface area contributed by atoms with Crippen LogP contribution in [0.1, 0.15) is 50.8 Å². The zero-order valence-electron chi connectivity index (χ0n) is 14.6. The van der Waals surface area contributed by atoms with Crippen LogP contribution in [-0.2, 0) is 11.2 Å². The molecule has 0 unspecified atom stereocenters. The van der Waals surface area contributed by atoms with Crippen LogP contribution in [0.3, 0.4) is 0 Å². The summed E-state index contributed by atoms with van der Waals surface area (Å²) in [5.74, 6) is 2.56. The van der Waals surface area contributed by atoms with E-state index in [1.165, 1.54) is 38.5 Å².